The first kappa shape index (κ1) is 20.0. The molecule has 1 aliphatic rings. The van der Waals surface area contributed by atoms with Crippen molar-refractivity contribution in [1.82, 2.24) is 9.97 Å². The van der Waals surface area contributed by atoms with Gasteiger partial charge < -0.3 is 0 Å². The fraction of sp³-hybridized carbons (Fsp3) is 0.115. The van der Waals surface area contributed by atoms with Gasteiger partial charge in [-0.1, -0.05) is 82.7 Å². The Morgan fingerprint density at radius 3 is 2.16 bits per heavy atom. The Hall–Kier alpha value is -2.89. The largest absolute Gasteiger partial charge is 0.242 e. The lowest BCUT2D eigenvalue weighted by Gasteiger charge is -2.10. The zero-order chi connectivity index (χ0) is 21.4. The highest BCUT2D eigenvalue weighted by Crippen LogP contribution is 2.45. The van der Waals surface area contributed by atoms with Gasteiger partial charge in [-0.2, -0.15) is 0 Å². The van der Waals surface area contributed by atoms with Crippen molar-refractivity contribution in [2.24, 2.45) is 4.99 Å². The summed E-state index contributed by atoms with van der Waals surface area (Å²) in [5.74, 6) is 0. The number of rotatable bonds is 3. The second-order valence-corrected chi connectivity index (χ2v) is 9.77. The van der Waals surface area contributed by atoms with Crippen LogP contribution in [0.2, 0.25) is 0 Å². The number of hydrogen-bond donors (Lipinski definition) is 0. The monoisotopic (exact) mass is 439 g/mol. The molecule has 2 heterocycles. The molecule has 5 heteroatoms. The van der Waals surface area contributed by atoms with Crippen molar-refractivity contribution >= 4 is 34.9 Å². The van der Waals surface area contributed by atoms with Crippen LogP contribution in [-0.2, 0) is 0 Å². The molecule has 0 saturated carbocycles. The van der Waals surface area contributed by atoms with Gasteiger partial charge in [-0.25, -0.2) is 15.0 Å². The van der Waals surface area contributed by atoms with Crippen molar-refractivity contribution in [3.8, 4) is 0 Å². The minimum absolute atomic E-state index is 0.836. The molecular formula is C26H21N3S2. The molecule has 0 aliphatic carbocycles. The Morgan fingerprint density at radius 1 is 0.742 bits per heavy atom. The van der Waals surface area contributed by atoms with Crippen LogP contribution in [0.25, 0.3) is 0 Å². The van der Waals surface area contributed by atoms with Crippen molar-refractivity contribution in [1.29, 1.82) is 0 Å². The molecule has 3 nitrogen and oxygen atoms in total. The van der Waals surface area contributed by atoms with E-state index in [1.54, 1.807) is 29.9 Å². The van der Waals surface area contributed by atoms with Gasteiger partial charge in [0, 0.05) is 20.9 Å². The van der Waals surface area contributed by atoms with Gasteiger partial charge in [0.1, 0.15) is 22.1 Å². The summed E-state index contributed by atoms with van der Waals surface area (Å²) in [6.07, 6.45) is 1.64. The van der Waals surface area contributed by atoms with E-state index in [2.05, 4.69) is 97.5 Å². The van der Waals surface area contributed by atoms with E-state index >= 15 is 0 Å². The third-order valence-electron chi connectivity index (χ3n) is 5.14. The minimum Gasteiger partial charge on any atom is -0.242 e. The molecule has 0 spiro atoms. The Bertz CT molecular complexity index is 1290. The van der Waals surface area contributed by atoms with E-state index in [0.717, 1.165) is 42.4 Å². The summed E-state index contributed by atoms with van der Waals surface area (Å²) in [4.78, 5) is 16.7. The van der Waals surface area contributed by atoms with Crippen LogP contribution in [0.15, 0.2) is 97.9 Å². The lowest BCUT2D eigenvalue weighted by molar-refractivity contribution is 0.961. The molecule has 3 aromatic carbocycles. The maximum atomic E-state index is 5.19. The highest BCUT2D eigenvalue weighted by Gasteiger charge is 2.23. The topological polar surface area (TPSA) is 38.1 Å². The lowest BCUT2D eigenvalue weighted by Crippen LogP contribution is -2.04. The fourth-order valence-corrected chi connectivity index (χ4v) is 5.28. The quantitative estimate of drug-likeness (QED) is 0.279. The molecule has 152 valence electrons. The van der Waals surface area contributed by atoms with Gasteiger partial charge in [-0.15, -0.1) is 0 Å². The molecule has 4 aromatic rings. The molecule has 1 aliphatic heterocycles. The molecule has 0 radical (unpaired) electrons. The highest BCUT2D eigenvalue weighted by atomic mass is 32.2. The first-order valence-electron chi connectivity index (χ1n) is 10.1. The number of aliphatic imine (C=N–C) groups is 1. The van der Waals surface area contributed by atoms with Gasteiger partial charge in [0.2, 0.25) is 0 Å². The average molecular weight is 440 g/mol. The fourth-order valence-electron chi connectivity index (χ4n) is 3.44. The predicted octanol–water partition coefficient (Wildman–Crippen LogP) is 7.19. The average Bonchev–Trinajstić information content (AvgIpc) is 2.93. The number of benzene rings is 3. The van der Waals surface area contributed by atoms with E-state index in [1.807, 2.05) is 0 Å². The molecule has 0 saturated heterocycles. The van der Waals surface area contributed by atoms with Gasteiger partial charge in [-0.05, 0) is 45.0 Å². The van der Waals surface area contributed by atoms with Crippen LogP contribution < -0.4 is 0 Å². The third-order valence-corrected chi connectivity index (χ3v) is 7.20. The summed E-state index contributed by atoms with van der Waals surface area (Å²) in [6, 6.07) is 23.6. The van der Waals surface area contributed by atoms with Gasteiger partial charge in [0.05, 0.1) is 5.71 Å². The highest BCUT2D eigenvalue weighted by molar-refractivity contribution is 8.00. The summed E-state index contributed by atoms with van der Waals surface area (Å²) in [7, 11) is 0. The van der Waals surface area contributed by atoms with E-state index in [-0.39, 0.29) is 0 Å². The molecule has 0 unspecified atom stereocenters. The third kappa shape index (κ3) is 4.16. The second-order valence-electron chi connectivity index (χ2n) is 7.68. The van der Waals surface area contributed by atoms with Crippen molar-refractivity contribution in [2.75, 3.05) is 0 Å². The zero-order valence-corrected chi connectivity index (χ0v) is 19.2. The standard InChI is InChI=1S/C26H21N3S2/c1-16-4-9-19(10-5-16)23-21-14-18(3)8-13-22(21)31-26-24(29-23)25(27-15-28-26)30-20-11-6-17(2)7-12-20/h4-15H,1-3H3. The van der Waals surface area contributed by atoms with Crippen LogP contribution in [0.4, 0.5) is 5.69 Å². The van der Waals surface area contributed by atoms with E-state index < -0.39 is 0 Å². The summed E-state index contributed by atoms with van der Waals surface area (Å²) in [5, 5.41) is 1.76. The van der Waals surface area contributed by atoms with Gasteiger partial charge in [0.15, 0.2) is 0 Å². The van der Waals surface area contributed by atoms with Crippen LogP contribution in [0.3, 0.4) is 0 Å². The van der Waals surface area contributed by atoms with Crippen LogP contribution in [0.5, 0.6) is 0 Å². The number of aryl methyl sites for hydroxylation is 3. The number of hydrogen-bond acceptors (Lipinski definition) is 5. The number of fused-ring (bicyclic) bond motifs is 2. The van der Waals surface area contributed by atoms with Crippen molar-refractivity contribution < 1.29 is 0 Å². The smallest absolute Gasteiger partial charge is 0.131 e. The SMILES string of the molecule is Cc1ccc(Sc2ncnc3c2N=C(c2ccc(C)cc2)c2cc(C)ccc2S3)cc1. The van der Waals surface area contributed by atoms with E-state index in [1.165, 1.54) is 16.7 Å². The van der Waals surface area contributed by atoms with E-state index in [0.29, 0.717) is 0 Å². The molecular weight excluding hydrogens is 418 g/mol. The van der Waals surface area contributed by atoms with Gasteiger partial charge in [-0.3, -0.25) is 0 Å². The van der Waals surface area contributed by atoms with Crippen molar-refractivity contribution in [3.05, 3.63) is 101 Å². The molecule has 0 fully saturated rings. The molecule has 1 aromatic heterocycles. The Kier molecular flexibility index (Phi) is 5.38. The van der Waals surface area contributed by atoms with E-state index in [4.69, 9.17) is 4.99 Å². The molecule has 0 amide bonds. The second kappa shape index (κ2) is 8.33. The normalized spacial score (nSPS) is 12.5. The summed E-state index contributed by atoms with van der Waals surface area (Å²) < 4.78 is 0. The van der Waals surface area contributed by atoms with Gasteiger partial charge in [0.25, 0.3) is 0 Å². The predicted molar refractivity (Wildman–Crippen MR) is 129 cm³/mol. The molecule has 0 N–H and O–H groups in total. The van der Waals surface area contributed by atoms with E-state index in [9.17, 15) is 0 Å². The Morgan fingerprint density at radius 2 is 1.42 bits per heavy atom. The minimum atomic E-state index is 0.836. The van der Waals surface area contributed by atoms with Crippen LogP contribution in [0.1, 0.15) is 27.8 Å². The van der Waals surface area contributed by atoms with Crippen molar-refractivity contribution in [2.45, 2.75) is 40.6 Å². The van der Waals surface area contributed by atoms with Crippen LogP contribution in [0, 0.1) is 20.8 Å². The summed E-state index contributed by atoms with van der Waals surface area (Å²) >= 11 is 3.29. The summed E-state index contributed by atoms with van der Waals surface area (Å²) in [6.45, 7) is 6.32. The number of nitrogens with zero attached hydrogens (tertiary/aromatic N) is 3. The van der Waals surface area contributed by atoms with Crippen LogP contribution in [-0.4, -0.2) is 15.7 Å². The first-order chi connectivity index (χ1) is 15.1. The Labute approximate surface area is 191 Å². The molecule has 0 bridgehead atoms. The Balaban J connectivity index is 1.69. The number of aromatic nitrogens is 2. The maximum Gasteiger partial charge on any atom is 0.131 e. The lowest BCUT2D eigenvalue weighted by atomic mass is 9.99. The van der Waals surface area contributed by atoms with Crippen molar-refractivity contribution in [3.63, 3.8) is 0 Å². The molecule has 0 atom stereocenters. The molecule has 5 rings (SSSR count). The van der Waals surface area contributed by atoms with Gasteiger partial charge >= 0.3 is 0 Å². The maximum absolute atomic E-state index is 5.19. The molecule has 31 heavy (non-hydrogen) atoms. The first-order valence-corrected chi connectivity index (χ1v) is 11.7. The summed E-state index contributed by atoms with van der Waals surface area (Å²) in [5.41, 5.74) is 7.72. The van der Waals surface area contributed by atoms with Crippen LogP contribution >= 0.6 is 23.5 Å². The zero-order valence-electron chi connectivity index (χ0n) is 17.6.